The fourth-order valence-electron chi connectivity index (χ4n) is 4.35. The molecule has 1 aromatic heterocycles. The molecule has 0 saturated heterocycles. The maximum absolute atomic E-state index is 13.3. The number of aliphatic carboxylic acids is 1. The Morgan fingerprint density at radius 2 is 1.91 bits per heavy atom. The van der Waals surface area contributed by atoms with E-state index in [0.717, 1.165) is 35.3 Å². The van der Waals surface area contributed by atoms with Gasteiger partial charge in [-0.25, -0.2) is 4.79 Å². The summed E-state index contributed by atoms with van der Waals surface area (Å²) in [6.07, 6.45) is 0.518. The Morgan fingerprint density at radius 1 is 1.16 bits per heavy atom. The Bertz CT molecular complexity index is 1270. The minimum atomic E-state index is -1.30. The topological polar surface area (TPSA) is 77.8 Å². The molecule has 6 nitrogen and oxygen atoms in total. The van der Waals surface area contributed by atoms with Crippen molar-refractivity contribution in [2.24, 2.45) is 7.05 Å². The summed E-state index contributed by atoms with van der Waals surface area (Å²) in [5, 5.41) is 11.4. The van der Waals surface area contributed by atoms with Crippen LogP contribution in [0, 0.1) is 6.92 Å². The third kappa shape index (κ3) is 4.02. The number of hydrogen-bond donors (Lipinski definition) is 1. The summed E-state index contributed by atoms with van der Waals surface area (Å²) >= 11 is 0. The van der Waals surface area contributed by atoms with Gasteiger partial charge in [-0.05, 0) is 75.2 Å². The number of rotatable bonds is 4. The number of benzene rings is 2. The zero-order chi connectivity index (χ0) is 23.2. The third-order valence-corrected chi connectivity index (χ3v) is 5.74. The first-order chi connectivity index (χ1) is 15.1. The molecule has 2 heterocycles. The number of aromatic nitrogens is 1. The van der Waals surface area contributed by atoms with E-state index in [2.05, 4.69) is 0 Å². The molecule has 2 aromatic carbocycles. The van der Waals surface area contributed by atoms with Crippen LogP contribution in [0.4, 0.5) is 0 Å². The number of carbonyl (C=O) groups is 1. The standard InChI is InChI=1S/C26H29NO5/c1-15-8-10-18-19(13-15)24(28)27(5)22(23(25(29)30)32-26(2,3)4)21(18)17-9-11-20-16(14-17)7-6-12-31-20/h8-11,13-14,23H,6-7,12H2,1-5H3,(H,29,30). The van der Waals surface area contributed by atoms with Crippen LogP contribution in [0.5, 0.6) is 5.75 Å². The van der Waals surface area contributed by atoms with Crippen LogP contribution in [-0.2, 0) is 23.0 Å². The van der Waals surface area contributed by atoms with E-state index in [-0.39, 0.29) is 5.56 Å². The van der Waals surface area contributed by atoms with Crippen molar-refractivity contribution >= 4 is 16.7 Å². The molecule has 0 fully saturated rings. The molecule has 3 aromatic rings. The van der Waals surface area contributed by atoms with Gasteiger partial charge in [-0.3, -0.25) is 4.79 Å². The number of carboxylic acid groups (broad SMARTS) is 1. The van der Waals surface area contributed by atoms with Crippen molar-refractivity contribution < 1.29 is 19.4 Å². The molecule has 0 bridgehead atoms. The zero-order valence-electron chi connectivity index (χ0n) is 19.2. The molecule has 1 N–H and O–H groups in total. The molecule has 1 aliphatic rings. The minimum Gasteiger partial charge on any atom is -0.493 e. The van der Waals surface area contributed by atoms with Crippen molar-refractivity contribution in [3.05, 3.63) is 63.6 Å². The van der Waals surface area contributed by atoms with E-state index in [1.807, 2.05) is 43.3 Å². The first-order valence-electron chi connectivity index (χ1n) is 10.9. The van der Waals surface area contributed by atoms with Gasteiger partial charge in [0.2, 0.25) is 0 Å². The summed E-state index contributed by atoms with van der Waals surface area (Å²) in [5.41, 5.74) is 2.97. The van der Waals surface area contributed by atoms with E-state index in [1.54, 1.807) is 27.8 Å². The van der Waals surface area contributed by atoms with Crippen molar-refractivity contribution in [3.63, 3.8) is 0 Å². The highest BCUT2D eigenvalue weighted by Crippen LogP contribution is 2.39. The molecule has 168 valence electrons. The van der Waals surface area contributed by atoms with Crippen LogP contribution >= 0.6 is 0 Å². The molecular weight excluding hydrogens is 406 g/mol. The van der Waals surface area contributed by atoms with Crippen LogP contribution < -0.4 is 10.3 Å². The summed E-state index contributed by atoms with van der Waals surface area (Å²) in [6.45, 7) is 8.05. The molecular formula is C26H29NO5. The fraction of sp³-hybridized carbons (Fsp3) is 0.385. The third-order valence-electron chi connectivity index (χ3n) is 5.74. The second-order valence-electron chi connectivity index (χ2n) is 9.40. The van der Waals surface area contributed by atoms with E-state index in [4.69, 9.17) is 9.47 Å². The van der Waals surface area contributed by atoms with Crippen LogP contribution in [0.15, 0.2) is 41.2 Å². The number of ether oxygens (including phenoxy) is 2. The molecule has 32 heavy (non-hydrogen) atoms. The van der Waals surface area contributed by atoms with E-state index in [9.17, 15) is 14.7 Å². The SMILES string of the molecule is Cc1ccc2c(-c3ccc4c(c3)CCCO4)c(C(OC(C)(C)C)C(=O)O)n(C)c(=O)c2c1. The maximum Gasteiger partial charge on any atom is 0.339 e. The molecule has 0 spiro atoms. The van der Waals surface area contributed by atoms with Crippen LogP contribution in [0.1, 0.15) is 50.1 Å². The van der Waals surface area contributed by atoms with Crippen molar-refractivity contribution in [2.75, 3.05) is 6.61 Å². The number of carboxylic acids is 1. The van der Waals surface area contributed by atoms with Gasteiger partial charge in [0.1, 0.15) is 5.75 Å². The molecule has 1 unspecified atom stereocenters. The van der Waals surface area contributed by atoms with Crippen LogP contribution in [0.3, 0.4) is 0 Å². The van der Waals surface area contributed by atoms with E-state index >= 15 is 0 Å². The van der Waals surface area contributed by atoms with Crippen LogP contribution in [0.2, 0.25) is 0 Å². The highest BCUT2D eigenvalue weighted by molar-refractivity contribution is 5.99. The quantitative estimate of drug-likeness (QED) is 0.638. The average Bonchev–Trinajstić information content (AvgIpc) is 2.73. The van der Waals surface area contributed by atoms with Gasteiger partial charge >= 0.3 is 5.97 Å². The Labute approximate surface area is 187 Å². The Kier molecular flexibility index (Phi) is 5.59. The molecule has 1 atom stereocenters. The normalized spacial score (nSPS) is 14.7. The van der Waals surface area contributed by atoms with Crippen LogP contribution in [-0.4, -0.2) is 27.9 Å². The lowest BCUT2D eigenvalue weighted by atomic mass is 9.91. The van der Waals surface area contributed by atoms with E-state index in [0.29, 0.717) is 28.6 Å². The van der Waals surface area contributed by atoms with Gasteiger partial charge in [0.25, 0.3) is 5.56 Å². The smallest absolute Gasteiger partial charge is 0.339 e. The van der Waals surface area contributed by atoms with Gasteiger partial charge in [0, 0.05) is 18.0 Å². The van der Waals surface area contributed by atoms with Crippen molar-refractivity contribution in [3.8, 4) is 16.9 Å². The molecule has 1 aliphatic heterocycles. The van der Waals surface area contributed by atoms with Gasteiger partial charge in [0.15, 0.2) is 6.10 Å². The lowest BCUT2D eigenvalue weighted by molar-refractivity contribution is -0.161. The molecule has 0 radical (unpaired) electrons. The van der Waals surface area contributed by atoms with Gasteiger partial charge in [-0.15, -0.1) is 0 Å². The highest BCUT2D eigenvalue weighted by atomic mass is 16.5. The van der Waals surface area contributed by atoms with Crippen molar-refractivity contribution in [1.82, 2.24) is 4.57 Å². The van der Waals surface area contributed by atoms with Gasteiger partial charge in [-0.1, -0.05) is 23.8 Å². The Hall–Kier alpha value is -3.12. The lowest BCUT2D eigenvalue weighted by Crippen LogP contribution is -2.33. The first-order valence-corrected chi connectivity index (χ1v) is 10.9. The lowest BCUT2D eigenvalue weighted by Gasteiger charge is -2.29. The monoisotopic (exact) mass is 435 g/mol. The van der Waals surface area contributed by atoms with E-state index in [1.165, 1.54) is 4.57 Å². The summed E-state index contributed by atoms with van der Waals surface area (Å²) in [7, 11) is 1.62. The second kappa shape index (κ2) is 8.10. The number of nitrogens with zero attached hydrogens (tertiary/aromatic N) is 1. The predicted molar refractivity (Wildman–Crippen MR) is 124 cm³/mol. The second-order valence-corrected chi connectivity index (χ2v) is 9.40. The van der Waals surface area contributed by atoms with Gasteiger partial charge in [-0.2, -0.15) is 0 Å². The first kappa shape index (κ1) is 22.1. The number of fused-ring (bicyclic) bond motifs is 2. The Morgan fingerprint density at radius 3 is 2.59 bits per heavy atom. The largest absolute Gasteiger partial charge is 0.493 e. The number of hydrogen-bond acceptors (Lipinski definition) is 4. The summed E-state index contributed by atoms with van der Waals surface area (Å²) < 4.78 is 13.2. The van der Waals surface area contributed by atoms with Gasteiger partial charge < -0.3 is 19.1 Å². The molecule has 0 amide bonds. The summed E-state index contributed by atoms with van der Waals surface area (Å²) in [6, 6.07) is 11.6. The summed E-state index contributed by atoms with van der Waals surface area (Å²) in [4.78, 5) is 25.7. The number of aryl methyl sites for hydroxylation is 2. The minimum absolute atomic E-state index is 0.243. The van der Waals surface area contributed by atoms with Crippen molar-refractivity contribution in [1.29, 1.82) is 0 Å². The summed E-state index contributed by atoms with van der Waals surface area (Å²) in [5.74, 6) is -0.281. The van der Waals surface area contributed by atoms with E-state index < -0.39 is 17.7 Å². The molecule has 0 aliphatic carbocycles. The molecule has 0 saturated carbocycles. The number of pyridine rings is 1. The van der Waals surface area contributed by atoms with Crippen LogP contribution in [0.25, 0.3) is 21.9 Å². The highest BCUT2D eigenvalue weighted by Gasteiger charge is 2.33. The molecule has 4 rings (SSSR count). The predicted octanol–water partition coefficient (Wildman–Crippen LogP) is 4.78. The molecule has 6 heteroatoms. The zero-order valence-corrected chi connectivity index (χ0v) is 19.2. The fourth-order valence-corrected chi connectivity index (χ4v) is 4.35. The Balaban J connectivity index is 2.09. The maximum atomic E-state index is 13.3. The van der Waals surface area contributed by atoms with Crippen molar-refractivity contribution in [2.45, 2.75) is 52.2 Å². The average molecular weight is 436 g/mol. The van der Waals surface area contributed by atoms with Gasteiger partial charge in [0.05, 0.1) is 17.9 Å².